The molecule has 3 aromatic carbocycles. The molecule has 0 spiro atoms. The molecule has 8 unspecified atom stereocenters. The first-order valence-corrected chi connectivity index (χ1v) is 36.4. The minimum Gasteiger partial charge on any atom is -0.480 e. The maximum Gasteiger partial charge on any atom is 0.410 e. The molecule has 6 rings (SSSR count). The van der Waals surface area contributed by atoms with Crippen molar-refractivity contribution in [1.29, 1.82) is 0 Å². The summed E-state index contributed by atoms with van der Waals surface area (Å²) >= 11 is 1.08. The highest BCUT2D eigenvalue weighted by molar-refractivity contribution is 7.99. The Balaban J connectivity index is 1.18. The number of aromatic nitrogens is 3. The number of aliphatic hydroxyl groups excluding tert-OH is 4. The number of nitrogens with one attached hydrogen (secondary N) is 2. The number of likely N-dealkylation sites (N-methyl/N-ethyl adjacent to an activating group) is 2. The molecule has 0 saturated carbocycles. The van der Waals surface area contributed by atoms with Crippen LogP contribution in [0.15, 0.2) is 79.0 Å². The number of aliphatic hydroxyl groups is 4. The van der Waals surface area contributed by atoms with Crippen molar-refractivity contribution in [2.45, 2.75) is 204 Å². The number of ketones is 2. The molecule has 0 radical (unpaired) electrons. The van der Waals surface area contributed by atoms with Gasteiger partial charge in [-0.15, -0.1) is 16.9 Å². The summed E-state index contributed by atoms with van der Waals surface area (Å²) in [5.74, 6) is -8.17. The number of likely N-dealkylation sites (tertiary alicyclic amines) is 1. The van der Waals surface area contributed by atoms with E-state index in [2.05, 4.69) is 20.9 Å². The monoisotopic (exact) mass is 1490 g/mol. The molecule has 105 heavy (non-hydrogen) atoms. The van der Waals surface area contributed by atoms with Crippen molar-refractivity contribution in [3.63, 3.8) is 0 Å². The van der Waals surface area contributed by atoms with Gasteiger partial charge < -0.3 is 74.8 Å². The van der Waals surface area contributed by atoms with Crippen LogP contribution in [0.3, 0.4) is 0 Å². The summed E-state index contributed by atoms with van der Waals surface area (Å²) in [5, 5.41) is 87.6. The Morgan fingerprint density at radius 2 is 1.47 bits per heavy atom. The molecule has 0 bridgehead atoms. The van der Waals surface area contributed by atoms with E-state index >= 15 is 4.79 Å². The third-order valence-corrected chi connectivity index (χ3v) is 20.6. The van der Waals surface area contributed by atoms with Crippen molar-refractivity contribution in [2.24, 2.45) is 29.6 Å². The summed E-state index contributed by atoms with van der Waals surface area (Å²) in [6.07, 6.45) is -11.1. The SMILES string of the molecule is CC[C@@H](C)[C@H]([C@H](CC(=O)N1CCCC1[C@@H](OC)[C@H](C)C(=O)C[C@@H](C)[C@H](O)c1ccccc1)OC)N(C)C(=O)[C@H](NC(=O)[C@@H](C(C)C)N(C)C(=O)OC(Cc1cn(CCNC(=O)Cc2ccc(CC(=O)CC(SC)C(=O)O)cc2)nn1)c1ccc(OC2OC(C(=O)O)C(O)C(O)C2O)c([N+](=O)[O-])c1)C(C)C. The van der Waals surface area contributed by atoms with E-state index in [1.165, 1.54) is 43.1 Å². The number of carbonyl (C=O) groups is 9. The Bertz CT molecular complexity index is 3600. The van der Waals surface area contributed by atoms with Crippen molar-refractivity contribution >= 4 is 70.7 Å². The molecule has 2 aliphatic rings. The average molecular weight is 1490 g/mol. The molecule has 578 valence electrons. The quantitative estimate of drug-likeness (QED) is 0.0217. The van der Waals surface area contributed by atoms with E-state index in [0.717, 1.165) is 28.8 Å². The van der Waals surface area contributed by atoms with Crippen molar-refractivity contribution in [3.8, 4) is 5.75 Å². The van der Waals surface area contributed by atoms with E-state index in [0.29, 0.717) is 42.5 Å². The predicted molar refractivity (Wildman–Crippen MR) is 382 cm³/mol. The lowest BCUT2D eigenvalue weighted by molar-refractivity contribution is -0.387. The Kier molecular flexibility index (Phi) is 32.3. The predicted octanol–water partition coefficient (Wildman–Crippen LogP) is 4.90. The van der Waals surface area contributed by atoms with E-state index in [9.17, 15) is 79.1 Å². The summed E-state index contributed by atoms with van der Waals surface area (Å²) in [6, 6.07) is 15.4. The van der Waals surface area contributed by atoms with E-state index in [4.69, 9.17) is 23.7 Å². The van der Waals surface area contributed by atoms with Crippen molar-refractivity contribution in [1.82, 2.24) is 40.3 Å². The van der Waals surface area contributed by atoms with E-state index < -0.39 is 154 Å². The van der Waals surface area contributed by atoms with Crippen LogP contribution in [0.5, 0.6) is 5.75 Å². The van der Waals surface area contributed by atoms with Gasteiger partial charge in [0.05, 0.1) is 60.4 Å². The standard InChI is InChI=1S/C73H103N9O22S/c1-14-41(6)61(55(100-11)37-58(86)81-29-18-21-50(81)66(101-12)43(8)52(84)31-42(7)62(87)46-19-16-15-17-20-46)78(9)69(92)59(39(2)3)75-68(91)60(40(4)5)79(10)73(97)103-54(47-26-27-53(51(34-47)82(98)99)102-72-65(90)63(88)64(89)67(104-72)71(95)96)35-48-38-80(77-76-48)30-28-74-57(85)33-45-24-22-44(23-25-45)32-49(83)36-56(105-13)70(93)94/h15-17,19-20,22-27,34,38-43,50,54-56,59-67,72,87-90H,14,18,21,28-33,35-37H2,1-13H3,(H,74,85)(H,75,91)(H,93,94)(H,95,96)/t41-,42-,43-,50?,54?,55+,56?,59-,60-,61-,62+,63?,64?,65?,66+,67?,72?/m1/s1. The first-order chi connectivity index (χ1) is 49.7. The number of carbonyl (C=O) groups excluding carboxylic acids is 7. The van der Waals surface area contributed by atoms with Gasteiger partial charge in [0.2, 0.25) is 29.9 Å². The number of ether oxygens (including phenoxy) is 5. The van der Waals surface area contributed by atoms with Gasteiger partial charge in [0.1, 0.15) is 53.3 Å². The minimum absolute atomic E-state index is 0.0225. The van der Waals surface area contributed by atoms with Crippen molar-refractivity contribution in [2.75, 3.05) is 47.7 Å². The molecule has 0 aliphatic carbocycles. The van der Waals surface area contributed by atoms with Crippen LogP contribution in [0.25, 0.3) is 0 Å². The Morgan fingerprint density at radius 3 is 2.05 bits per heavy atom. The topological polar surface area (TPSA) is 429 Å². The van der Waals surface area contributed by atoms with Crippen LogP contribution in [0.1, 0.15) is 134 Å². The largest absolute Gasteiger partial charge is 0.480 e. The second-order valence-corrected chi connectivity index (χ2v) is 28.9. The highest BCUT2D eigenvalue weighted by Crippen LogP contribution is 2.37. The van der Waals surface area contributed by atoms with Crippen molar-refractivity contribution < 1.29 is 102 Å². The number of nitrogens with zero attached hydrogens (tertiary/aromatic N) is 7. The summed E-state index contributed by atoms with van der Waals surface area (Å²) < 4.78 is 30.5. The zero-order valence-corrected chi connectivity index (χ0v) is 62.5. The number of carboxylic acid groups (broad SMARTS) is 2. The smallest absolute Gasteiger partial charge is 0.410 e. The molecule has 4 aromatic rings. The third-order valence-electron chi connectivity index (χ3n) is 19.6. The summed E-state index contributed by atoms with van der Waals surface area (Å²) in [5.41, 5.74) is 1.28. The number of nitro groups is 1. The molecule has 31 nitrogen and oxygen atoms in total. The molecular weight excluding hydrogens is 1390 g/mol. The number of Topliss-reactive ketones (excluding diaryl/α,β-unsaturated/α-hetero) is 2. The van der Waals surface area contributed by atoms with Crippen LogP contribution in [-0.4, -0.2) is 238 Å². The highest BCUT2D eigenvalue weighted by atomic mass is 32.2. The van der Waals surface area contributed by atoms with Gasteiger partial charge in [0, 0.05) is 85.3 Å². The van der Waals surface area contributed by atoms with Gasteiger partial charge in [-0.2, -0.15) is 0 Å². The summed E-state index contributed by atoms with van der Waals surface area (Å²) in [6.45, 7) is 14.8. The fourth-order valence-corrected chi connectivity index (χ4v) is 14.0. The molecule has 5 amide bonds. The molecule has 32 heteroatoms. The molecule has 2 aliphatic heterocycles. The zero-order valence-electron chi connectivity index (χ0n) is 61.7. The fourth-order valence-electron chi connectivity index (χ4n) is 13.5. The second-order valence-electron chi connectivity index (χ2n) is 27.8. The summed E-state index contributed by atoms with van der Waals surface area (Å²) in [4.78, 5) is 138. The molecule has 2 fully saturated rings. The zero-order chi connectivity index (χ0) is 77.8. The first-order valence-electron chi connectivity index (χ1n) is 35.2. The average Bonchev–Trinajstić information content (AvgIpc) is 1.77. The van der Waals surface area contributed by atoms with Gasteiger partial charge in [0.25, 0.3) is 0 Å². The second kappa shape index (κ2) is 39.7. The lowest BCUT2D eigenvalue weighted by Gasteiger charge is -2.41. The maximum absolute atomic E-state index is 15.1. The number of amides is 5. The van der Waals surface area contributed by atoms with E-state index in [1.54, 1.807) is 77.1 Å². The Labute approximate surface area is 615 Å². The molecule has 2 saturated heterocycles. The number of aliphatic carboxylic acids is 2. The van der Waals surface area contributed by atoms with Gasteiger partial charge in [-0.1, -0.05) is 128 Å². The van der Waals surface area contributed by atoms with Gasteiger partial charge in [0.15, 0.2) is 11.9 Å². The maximum atomic E-state index is 15.1. The van der Waals surface area contributed by atoms with E-state index in [1.807, 2.05) is 51.1 Å². The molecule has 17 atom stereocenters. The third kappa shape index (κ3) is 22.8. The molecule has 1 aromatic heterocycles. The van der Waals surface area contributed by atoms with Crippen LogP contribution in [-0.2, 0) is 83.1 Å². The van der Waals surface area contributed by atoms with E-state index in [-0.39, 0.29) is 92.2 Å². The summed E-state index contributed by atoms with van der Waals surface area (Å²) in [7, 11) is 5.84. The van der Waals surface area contributed by atoms with Gasteiger partial charge >= 0.3 is 23.7 Å². The molecule has 3 heterocycles. The van der Waals surface area contributed by atoms with Crippen LogP contribution in [0.4, 0.5) is 10.5 Å². The Morgan fingerprint density at radius 1 is 0.810 bits per heavy atom. The van der Waals surface area contributed by atoms with Crippen LogP contribution < -0.4 is 15.4 Å². The van der Waals surface area contributed by atoms with Crippen LogP contribution >= 0.6 is 11.8 Å². The fraction of sp³-hybridized carbons (Fsp3) is 0.603. The number of benzene rings is 3. The highest BCUT2D eigenvalue weighted by Gasteiger charge is 2.49. The van der Waals surface area contributed by atoms with Gasteiger partial charge in [-0.25, -0.2) is 9.59 Å². The number of nitro benzene ring substituents is 1. The molecular formula is C73H103N9O22S. The van der Waals surface area contributed by atoms with Crippen LogP contribution in [0.2, 0.25) is 0 Å². The normalized spacial score (nSPS) is 20.6. The van der Waals surface area contributed by atoms with Crippen molar-refractivity contribution in [3.05, 3.63) is 117 Å². The Hall–Kier alpha value is -8.50. The number of hydrogen-bond acceptors (Lipinski definition) is 23. The molecule has 8 N–H and O–H groups in total. The van der Waals surface area contributed by atoms with Crippen LogP contribution in [0, 0.1) is 39.7 Å². The number of hydrogen-bond donors (Lipinski definition) is 8. The van der Waals surface area contributed by atoms with Gasteiger partial charge in [-0.3, -0.25) is 53.3 Å². The minimum atomic E-state index is -2.12. The number of methoxy groups -OCH3 is 2. The lowest BCUT2D eigenvalue weighted by atomic mass is 9.85. The number of rotatable bonds is 40. The lowest BCUT2D eigenvalue weighted by Crippen LogP contribution is -2.61. The van der Waals surface area contributed by atoms with Gasteiger partial charge in [-0.05, 0) is 71.1 Å². The first kappa shape index (κ1) is 85.4. The number of thioether (sulfide) groups is 1. The number of carboxylic acids is 2.